The van der Waals surface area contributed by atoms with Gasteiger partial charge in [-0.1, -0.05) is 12.1 Å². The van der Waals surface area contributed by atoms with Crippen molar-refractivity contribution < 1.29 is 28.2 Å². The van der Waals surface area contributed by atoms with Crippen LogP contribution in [-0.2, 0) is 9.53 Å². The molecule has 0 atom stereocenters. The van der Waals surface area contributed by atoms with Crippen LogP contribution in [0.15, 0.2) is 72.8 Å². The van der Waals surface area contributed by atoms with E-state index in [0.29, 0.717) is 43.2 Å². The highest BCUT2D eigenvalue weighted by Crippen LogP contribution is 2.21. The molecule has 1 saturated heterocycles. The van der Waals surface area contributed by atoms with Crippen molar-refractivity contribution in [1.82, 2.24) is 9.80 Å². The highest BCUT2D eigenvalue weighted by molar-refractivity contribution is 5.99. The number of halogens is 1. The number of anilines is 2. The zero-order valence-electron chi connectivity index (χ0n) is 22.6. The molecule has 40 heavy (non-hydrogen) atoms. The largest absolute Gasteiger partial charge is 0.497 e. The lowest BCUT2D eigenvalue weighted by molar-refractivity contribution is -0.117. The fourth-order valence-corrected chi connectivity index (χ4v) is 4.47. The monoisotopic (exact) mass is 548 g/mol. The molecule has 3 aromatic rings. The molecule has 210 valence electrons. The first-order chi connectivity index (χ1) is 19.4. The van der Waals surface area contributed by atoms with Crippen LogP contribution in [0.4, 0.5) is 15.8 Å². The molecule has 1 N–H and O–H groups in total. The van der Waals surface area contributed by atoms with Gasteiger partial charge >= 0.3 is 0 Å². The van der Waals surface area contributed by atoms with Crippen LogP contribution < -0.4 is 15.0 Å². The van der Waals surface area contributed by atoms with Crippen LogP contribution in [0.3, 0.4) is 0 Å². The van der Waals surface area contributed by atoms with Crippen LogP contribution in [0.25, 0.3) is 0 Å². The van der Waals surface area contributed by atoms with Gasteiger partial charge in [-0.3, -0.25) is 14.4 Å². The Morgan fingerprint density at radius 2 is 1.57 bits per heavy atom. The third-order valence-corrected chi connectivity index (χ3v) is 6.71. The molecule has 0 unspecified atom stereocenters. The number of amides is 3. The Balaban J connectivity index is 1.30. The molecular weight excluding hydrogens is 515 g/mol. The van der Waals surface area contributed by atoms with Crippen molar-refractivity contribution in [2.24, 2.45) is 0 Å². The number of hydrogen-bond donors (Lipinski definition) is 1. The maximum Gasteiger partial charge on any atom is 0.257 e. The molecule has 0 aromatic heterocycles. The molecule has 0 bridgehead atoms. The molecule has 0 spiro atoms. The van der Waals surface area contributed by atoms with Gasteiger partial charge in [-0.15, -0.1) is 0 Å². The number of ether oxygens (including phenoxy) is 2. The molecule has 1 fully saturated rings. The van der Waals surface area contributed by atoms with Crippen molar-refractivity contribution in [3.05, 3.63) is 89.7 Å². The minimum Gasteiger partial charge on any atom is -0.497 e. The molecule has 1 heterocycles. The summed E-state index contributed by atoms with van der Waals surface area (Å²) in [4.78, 5) is 43.7. The molecule has 0 radical (unpaired) electrons. The van der Waals surface area contributed by atoms with Gasteiger partial charge in [0.15, 0.2) is 0 Å². The zero-order chi connectivity index (χ0) is 28.5. The number of rotatable bonds is 10. The van der Waals surface area contributed by atoms with Crippen molar-refractivity contribution in [2.75, 3.05) is 70.3 Å². The molecule has 1 aliphatic heterocycles. The van der Waals surface area contributed by atoms with E-state index >= 15 is 0 Å². The summed E-state index contributed by atoms with van der Waals surface area (Å²) in [5.41, 5.74) is 2.09. The Morgan fingerprint density at radius 3 is 2.20 bits per heavy atom. The lowest BCUT2D eigenvalue weighted by Gasteiger charge is -2.36. The van der Waals surface area contributed by atoms with E-state index in [9.17, 15) is 18.8 Å². The van der Waals surface area contributed by atoms with Gasteiger partial charge in [0, 0.05) is 56.8 Å². The van der Waals surface area contributed by atoms with Gasteiger partial charge in [-0.25, -0.2) is 4.39 Å². The number of piperazine rings is 1. The Labute approximate surface area is 233 Å². The number of carbonyl (C=O) groups excluding carboxylic acids is 3. The first kappa shape index (κ1) is 28.6. The summed E-state index contributed by atoms with van der Waals surface area (Å²) >= 11 is 0. The van der Waals surface area contributed by atoms with Gasteiger partial charge in [-0.05, 0) is 60.7 Å². The van der Waals surface area contributed by atoms with Crippen LogP contribution in [0.5, 0.6) is 5.75 Å². The van der Waals surface area contributed by atoms with E-state index in [1.165, 1.54) is 30.2 Å². The van der Waals surface area contributed by atoms with E-state index in [-0.39, 0.29) is 31.2 Å². The SMILES string of the molecule is COCCN(CC(=O)Nc1ccc(N2CCN(C(=O)c3ccc(OC)cc3)CC2)cc1)C(=O)c1ccccc1F. The first-order valence-corrected chi connectivity index (χ1v) is 13.0. The lowest BCUT2D eigenvalue weighted by Crippen LogP contribution is -2.48. The van der Waals surface area contributed by atoms with Crippen LogP contribution in [0, 0.1) is 5.82 Å². The summed E-state index contributed by atoms with van der Waals surface area (Å²) in [6.07, 6.45) is 0. The predicted molar refractivity (Wildman–Crippen MR) is 150 cm³/mol. The average molecular weight is 549 g/mol. The average Bonchev–Trinajstić information content (AvgIpc) is 2.99. The second-order valence-corrected chi connectivity index (χ2v) is 9.30. The summed E-state index contributed by atoms with van der Waals surface area (Å²) in [5, 5.41) is 2.80. The van der Waals surface area contributed by atoms with Gasteiger partial charge in [0.25, 0.3) is 11.8 Å². The Morgan fingerprint density at radius 1 is 0.900 bits per heavy atom. The zero-order valence-corrected chi connectivity index (χ0v) is 22.6. The third kappa shape index (κ3) is 7.15. The molecule has 3 aromatic carbocycles. The van der Waals surface area contributed by atoms with Gasteiger partial charge in [0.05, 0.1) is 19.3 Å². The molecule has 0 saturated carbocycles. The minimum absolute atomic E-state index is 0.00612. The fourth-order valence-electron chi connectivity index (χ4n) is 4.47. The molecule has 9 nitrogen and oxygen atoms in total. The molecule has 0 aliphatic carbocycles. The molecular formula is C30H33FN4O5. The van der Waals surface area contributed by atoms with Crippen molar-refractivity contribution in [3.63, 3.8) is 0 Å². The third-order valence-electron chi connectivity index (χ3n) is 6.71. The summed E-state index contributed by atoms with van der Waals surface area (Å²) in [6.45, 7) is 2.65. The molecule has 3 amide bonds. The minimum atomic E-state index is -0.642. The number of nitrogens with zero attached hydrogens (tertiary/aromatic N) is 3. The first-order valence-electron chi connectivity index (χ1n) is 13.0. The smallest absolute Gasteiger partial charge is 0.257 e. The molecule has 10 heteroatoms. The number of methoxy groups -OCH3 is 2. The number of nitrogens with one attached hydrogen (secondary N) is 1. The van der Waals surface area contributed by atoms with E-state index in [2.05, 4.69) is 10.2 Å². The fraction of sp³-hybridized carbons (Fsp3) is 0.300. The number of hydrogen-bond acceptors (Lipinski definition) is 6. The normalized spacial score (nSPS) is 13.1. The van der Waals surface area contributed by atoms with E-state index in [4.69, 9.17) is 9.47 Å². The Kier molecular flexibility index (Phi) is 9.69. The second kappa shape index (κ2) is 13.6. The van der Waals surface area contributed by atoms with Crippen molar-refractivity contribution >= 4 is 29.1 Å². The second-order valence-electron chi connectivity index (χ2n) is 9.30. The highest BCUT2D eigenvalue weighted by atomic mass is 19.1. The van der Waals surface area contributed by atoms with Gasteiger partial charge < -0.3 is 29.5 Å². The van der Waals surface area contributed by atoms with Gasteiger partial charge in [0.2, 0.25) is 5.91 Å². The van der Waals surface area contributed by atoms with Crippen LogP contribution in [0.1, 0.15) is 20.7 Å². The Bertz CT molecular complexity index is 1310. The van der Waals surface area contributed by atoms with Gasteiger partial charge in [0.1, 0.15) is 18.1 Å². The van der Waals surface area contributed by atoms with E-state index in [1.807, 2.05) is 17.0 Å². The quantitative estimate of drug-likeness (QED) is 0.417. The van der Waals surface area contributed by atoms with Crippen LogP contribution in [-0.4, -0.2) is 87.6 Å². The Hall–Kier alpha value is -4.44. The van der Waals surface area contributed by atoms with E-state index in [1.54, 1.807) is 49.6 Å². The summed E-state index contributed by atoms with van der Waals surface area (Å²) in [6, 6.07) is 20.2. The van der Waals surface area contributed by atoms with Crippen LogP contribution in [0.2, 0.25) is 0 Å². The number of carbonyl (C=O) groups is 3. The predicted octanol–water partition coefficient (Wildman–Crippen LogP) is 3.52. The summed E-state index contributed by atoms with van der Waals surface area (Å²) in [7, 11) is 3.08. The topological polar surface area (TPSA) is 91.4 Å². The van der Waals surface area contributed by atoms with E-state index in [0.717, 1.165) is 5.69 Å². The molecule has 1 aliphatic rings. The van der Waals surface area contributed by atoms with Crippen molar-refractivity contribution in [1.29, 1.82) is 0 Å². The summed E-state index contributed by atoms with van der Waals surface area (Å²) < 4.78 is 24.4. The standard InChI is InChI=1S/C30H33FN4O5/c1-39-20-19-35(30(38)26-5-3-4-6-27(26)31)21-28(36)32-23-9-11-24(12-10-23)33-15-17-34(18-16-33)29(37)22-7-13-25(40-2)14-8-22/h3-14H,15-21H2,1-2H3,(H,32,36). The van der Waals surface area contributed by atoms with E-state index < -0.39 is 17.6 Å². The highest BCUT2D eigenvalue weighted by Gasteiger charge is 2.23. The van der Waals surface area contributed by atoms with Crippen LogP contribution >= 0.6 is 0 Å². The van der Waals surface area contributed by atoms with Crippen molar-refractivity contribution in [2.45, 2.75) is 0 Å². The molecule has 4 rings (SSSR count). The maximum absolute atomic E-state index is 14.2. The lowest BCUT2D eigenvalue weighted by atomic mass is 10.1. The van der Waals surface area contributed by atoms with Gasteiger partial charge in [-0.2, -0.15) is 0 Å². The summed E-state index contributed by atoms with van der Waals surface area (Å²) in [5.74, 6) is -0.921. The number of benzene rings is 3. The van der Waals surface area contributed by atoms with Crippen molar-refractivity contribution in [3.8, 4) is 5.75 Å². The maximum atomic E-state index is 14.2.